The Hall–Kier alpha value is -0.0800. The van der Waals surface area contributed by atoms with Crippen LogP contribution in [-0.4, -0.2) is 30.1 Å². The van der Waals surface area contributed by atoms with Gasteiger partial charge in [0.05, 0.1) is 0 Å². The van der Waals surface area contributed by atoms with Gasteiger partial charge in [-0.2, -0.15) is 0 Å². The van der Waals surface area contributed by atoms with Crippen LogP contribution in [0.15, 0.2) is 0 Å². The van der Waals surface area contributed by atoms with Gasteiger partial charge in [-0.1, -0.05) is 33.1 Å². The maximum Gasteiger partial charge on any atom is 0.0166 e. The number of nitrogens with zero attached hydrogens (tertiary/aromatic N) is 1. The largest absolute Gasteiger partial charge is 0.325 e. The summed E-state index contributed by atoms with van der Waals surface area (Å²) < 4.78 is 0. The van der Waals surface area contributed by atoms with Crippen molar-refractivity contribution in [2.45, 2.75) is 57.9 Å². The molecule has 1 fully saturated rings. The van der Waals surface area contributed by atoms with Crippen LogP contribution in [0.2, 0.25) is 0 Å². The normalized spacial score (nSPS) is 21.4. The first-order valence-corrected chi connectivity index (χ1v) is 6.21. The Labute approximate surface area is 88.8 Å². The molecule has 2 nitrogen and oxygen atoms in total. The molecule has 0 aromatic heterocycles. The average molecular weight is 198 g/mol. The van der Waals surface area contributed by atoms with Crippen LogP contribution in [0, 0.1) is 0 Å². The highest BCUT2D eigenvalue weighted by molar-refractivity contribution is 4.87. The predicted molar refractivity (Wildman–Crippen MR) is 62.4 cm³/mol. The Morgan fingerprint density at radius 3 is 2.14 bits per heavy atom. The van der Waals surface area contributed by atoms with E-state index in [0.717, 1.165) is 13.1 Å². The van der Waals surface area contributed by atoms with Crippen LogP contribution in [0.4, 0.5) is 0 Å². The molecule has 14 heavy (non-hydrogen) atoms. The first-order chi connectivity index (χ1) is 6.70. The Kier molecular flexibility index (Phi) is 4.90. The molecule has 0 atom stereocenters. The van der Waals surface area contributed by atoms with Gasteiger partial charge in [0.1, 0.15) is 0 Å². The minimum absolute atomic E-state index is 0.167. The van der Waals surface area contributed by atoms with Gasteiger partial charge in [0, 0.05) is 5.54 Å². The smallest absolute Gasteiger partial charge is 0.0166 e. The maximum absolute atomic E-state index is 6.39. The summed E-state index contributed by atoms with van der Waals surface area (Å²) in [5.74, 6) is 0. The van der Waals surface area contributed by atoms with Crippen molar-refractivity contribution in [2.24, 2.45) is 5.73 Å². The number of nitrogens with two attached hydrogens (primary N) is 1. The van der Waals surface area contributed by atoms with Crippen LogP contribution < -0.4 is 5.73 Å². The van der Waals surface area contributed by atoms with E-state index in [9.17, 15) is 0 Å². The Bertz CT molecular complexity index is 146. The van der Waals surface area contributed by atoms with Gasteiger partial charge in [-0.05, 0) is 38.9 Å². The van der Waals surface area contributed by atoms with Crippen molar-refractivity contribution in [3.8, 4) is 0 Å². The highest BCUT2D eigenvalue weighted by atomic mass is 15.1. The molecular weight excluding hydrogens is 172 g/mol. The fourth-order valence-corrected chi connectivity index (χ4v) is 2.43. The third-order valence-electron chi connectivity index (χ3n) is 3.67. The molecule has 0 amide bonds. The summed E-state index contributed by atoms with van der Waals surface area (Å²) in [5, 5.41) is 0. The van der Waals surface area contributed by atoms with E-state index in [4.69, 9.17) is 5.73 Å². The molecule has 1 aliphatic carbocycles. The Morgan fingerprint density at radius 1 is 1.07 bits per heavy atom. The number of rotatable bonds is 5. The molecule has 0 aliphatic heterocycles. The summed E-state index contributed by atoms with van der Waals surface area (Å²) in [6.45, 7) is 7.96. The van der Waals surface area contributed by atoms with Gasteiger partial charge >= 0.3 is 0 Å². The number of hydrogen-bond donors (Lipinski definition) is 1. The summed E-state index contributed by atoms with van der Waals surface area (Å²) in [6.07, 6.45) is 7.75. The molecule has 84 valence electrons. The second-order valence-corrected chi connectivity index (χ2v) is 4.70. The van der Waals surface area contributed by atoms with Gasteiger partial charge < -0.3 is 10.6 Å². The Morgan fingerprint density at radius 2 is 1.64 bits per heavy atom. The monoisotopic (exact) mass is 198 g/mol. The van der Waals surface area contributed by atoms with E-state index >= 15 is 0 Å². The van der Waals surface area contributed by atoms with Crippen LogP contribution >= 0.6 is 0 Å². The van der Waals surface area contributed by atoms with Gasteiger partial charge in [-0.15, -0.1) is 0 Å². The molecule has 2 N–H and O–H groups in total. The van der Waals surface area contributed by atoms with E-state index < -0.39 is 0 Å². The zero-order valence-corrected chi connectivity index (χ0v) is 9.89. The van der Waals surface area contributed by atoms with Crippen LogP contribution in [0.3, 0.4) is 0 Å². The third kappa shape index (κ3) is 3.58. The minimum Gasteiger partial charge on any atom is -0.325 e. The molecule has 0 spiro atoms. The second kappa shape index (κ2) is 5.72. The number of hydrogen-bond acceptors (Lipinski definition) is 2. The first kappa shape index (κ1) is 12.0. The molecule has 0 bridgehead atoms. The van der Waals surface area contributed by atoms with Crippen molar-refractivity contribution in [1.82, 2.24) is 4.90 Å². The lowest BCUT2D eigenvalue weighted by Gasteiger charge is -2.35. The standard InChI is InChI=1S/C12H26N2/c1-3-14(4-2)11-10-12(13)8-6-5-7-9-12/h3-11,13H2,1-2H3. The van der Waals surface area contributed by atoms with Crippen molar-refractivity contribution in [3.63, 3.8) is 0 Å². The lowest BCUT2D eigenvalue weighted by atomic mass is 9.80. The molecule has 1 aliphatic rings. The van der Waals surface area contributed by atoms with Crippen molar-refractivity contribution >= 4 is 0 Å². The molecule has 1 rings (SSSR count). The summed E-state index contributed by atoms with van der Waals surface area (Å²) in [6, 6.07) is 0. The van der Waals surface area contributed by atoms with E-state index in [1.54, 1.807) is 0 Å². The topological polar surface area (TPSA) is 29.3 Å². The van der Waals surface area contributed by atoms with Gasteiger partial charge in [0.15, 0.2) is 0 Å². The SMILES string of the molecule is CCN(CC)CCC1(N)CCCCC1. The van der Waals surface area contributed by atoms with Crippen molar-refractivity contribution in [2.75, 3.05) is 19.6 Å². The van der Waals surface area contributed by atoms with Crippen LogP contribution in [0.25, 0.3) is 0 Å². The molecule has 0 aromatic carbocycles. The molecule has 1 saturated carbocycles. The summed E-state index contributed by atoms with van der Waals surface area (Å²) in [5.41, 5.74) is 6.56. The maximum atomic E-state index is 6.39. The van der Waals surface area contributed by atoms with E-state index in [-0.39, 0.29) is 5.54 Å². The van der Waals surface area contributed by atoms with Crippen LogP contribution in [0.1, 0.15) is 52.4 Å². The van der Waals surface area contributed by atoms with Crippen LogP contribution in [0.5, 0.6) is 0 Å². The van der Waals surface area contributed by atoms with E-state index in [2.05, 4.69) is 18.7 Å². The van der Waals surface area contributed by atoms with Crippen molar-refractivity contribution in [1.29, 1.82) is 0 Å². The van der Waals surface area contributed by atoms with Crippen LogP contribution in [-0.2, 0) is 0 Å². The lowest BCUT2D eigenvalue weighted by molar-refractivity contribution is 0.219. The van der Waals surface area contributed by atoms with Gasteiger partial charge in [0.25, 0.3) is 0 Å². The van der Waals surface area contributed by atoms with Gasteiger partial charge in [-0.25, -0.2) is 0 Å². The molecule has 0 aromatic rings. The van der Waals surface area contributed by atoms with Gasteiger partial charge in [-0.3, -0.25) is 0 Å². The predicted octanol–water partition coefficient (Wildman–Crippen LogP) is 2.38. The molecule has 0 radical (unpaired) electrons. The molecule has 0 saturated heterocycles. The third-order valence-corrected chi connectivity index (χ3v) is 3.67. The fraction of sp³-hybridized carbons (Fsp3) is 1.00. The molecule has 0 unspecified atom stereocenters. The fourth-order valence-electron chi connectivity index (χ4n) is 2.43. The highest BCUT2D eigenvalue weighted by Gasteiger charge is 2.27. The highest BCUT2D eigenvalue weighted by Crippen LogP contribution is 2.28. The minimum atomic E-state index is 0.167. The average Bonchev–Trinajstić information content (AvgIpc) is 2.20. The van der Waals surface area contributed by atoms with Crippen molar-refractivity contribution < 1.29 is 0 Å². The molecule has 0 heterocycles. The Balaban J connectivity index is 2.27. The van der Waals surface area contributed by atoms with E-state index in [1.807, 2.05) is 0 Å². The lowest BCUT2D eigenvalue weighted by Crippen LogP contribution is -2.44. The zero-order valence-electron chi connectivity index (χ0n) is 9.89. The first-order valence-electron chi connectivity index (χ1n) is 6.21. The van der Waals surface area contributed by atoms with Gasteiger partial charge in [0.2, 0.25) is 0 Å². The van der Waals surface area contributed by atoms with Crippen molar-refractivity contribution in [3.05, 3.63) is 0 Å². The second-order valence-electron chi connectivity index (χ2n) is 4.70. The van der Waals surface area contributed by atoms with E-state index in [1.165, 1.54) is 45.1 Å². The quantitative estimate of drug-likeness (QED) is 0.735. The molecule has 2 heteroatoms. The zero-order chi connectivity index (χ0) is 10.4. The summed E-state index contributed by atoms with van der Waals surface area (Å²) in [4.78, 5) is 2.48. The molecular formula is C12H26N2. The summed E-state index contributed by atoms with van der Waals surface area (Å²) >= 11 is 0. The van der Waals surface area contributed by atoms with E-state index in [0.29, 0.717) is 0 Å². The summed E-state index contributed by atoms with van der Waals surface area (Å²) in [7, 11) is 0.